The van der Waals surface area contributed by atoms with E-state index in [0.29, 0.717) is 6.01 Å². The third kappa shape index (κ3) is 2.17. The molecule has 0 bridgehead atoms. The minimum Gasteiger partial charge on any atom is -0.426 e. The van der Waals surface area contributed by atoms with Crippen LogP contribution in [-0.4, -0.2) is 9.97 Å². The Bertz CT molecular complexity index is 649. The number of hydrogen-bond acceptors (Lipinski definition) is 2. The Balaban J connectivity index is 1.96. The number of para-hydroxylation sites is 1. The van der Waals surface area contributed by atoms with Crippen molar-refractivity contribution in [3.05, 3.63) is 53.0 Å². The highest BCUT2D eigenvalue weighted by Crippen LogP contribution is 2.23. The molecule has 4 heteroatoms. The van der Waals surface area contributed by atoms with E-state index in [1.54, 1.807) is 0 Å². The highest BCUT2D eigenvalue weighted by Gasteiger charge is 2.04. The van der Waals surface area contributed by atoms with Crippen LogP contribution in [0.4, 0.5) is 0 Å². The number of H-pyrrole nitrogens is 1. The van der Waals surface area contributed by atoms with Gasteiger partial charge in [-0.2, -0.15) is 4.98 Å². The van der Waals surface area contributed by atoms with Gasteiger partial charge in [0.25, 0.3) is 6.01 Å². The zero-order valence-corrected chi connectivity index (χ0v) is 10.4. The molecule has 0 saturated heterocycles. The molecule has 2 aromatic carbocycles. The number of rotatable bonds is 2. The first-order valence-corrected chi connectivity index (χ1v) is 5.99. The lowest BCUT2D eigenvalue weighted by Crippen LogP contribution is -1.84. The number of aromatic nitrogens is 2. The first kappa shape index (κ1) is 10.4. The van der Waals surface area contributed by atoms with Gasteiger partial charge in [0.1, 0.15) is 5.75 Å². The van der Waals surface area contributed by atoms with Crippen molar-refractivity contribution in [1.82, 2.24) is 9.97 Å². The molecule has 84 valence electrons. The number of fused-ring (bicyclic) bond motifs is 1. The fraction of sp³-hybridized carbons (Fsp3) is 0. The van der Waals surface area contributed by atoms with Gasteiger partial charge in [-0.3, -0.25) is 0 Å². The Morgan fingerprint density at radius 3 is 2.71 bits per heavy atom. The van der Waals surface area contributed by atoms with Crippen LogP contribution in [0.1, 0.15) is 0 Å². The molecule has 0 fully saturated rings. The largest absolute Gasteiger partial charge is 0.426 e. The van der Waals surface area contributed by atoms with Gasteiger partial charge in [0, 0.05) is 4.47 Å². The highest BCUT2D eigenvalue weighted by atomic mass is 79.9. The second-order valence-electron chi connectivity index (χ2n) is 3.62. The molecule has 0 aliphatic carbocycles. The zero-order chi connectivity index (χ0) is 11.7. The maximum atomic E-state index is 5.62. The van der Waals surface area contributed by atoms with Crippen LogP contribution in [-0.2, 0) is 0 Å². The predicted octanol–water partition coefficient (Wildman–Crippen LogP) is 4.12. The number of imidazole rings is 1. The Labute approximate surface area is 107 Å². The van der Waals surface area contributed by atoms with Crippen LogP contribution < -0.4 is 4.74 Å². The van der Waals surface area contributed by atoms with Gasteiger partial charge in [0.05, 0.1) is 11.0 Å². The summed E-state index contributed by atoms with van der Waals surface area (Å²) in [5, 5.41) is 0. The van der Waals surface area contributed by atoms with E-state index in [0.717, 1.165) is 21.3 Å². The number of nitrogens with zero attached hydrogens (tertiary/aromatic N) is 1. The number of benzene rings is 2. The van der Waals surface area contributed by atoms with Gasteiger partial charge < -0.3 is 9.72 Å². The van der Waals surface area contributed by atoms with Crippen LogP contribution in [0.2, 0.25) is 0 Å². The average Bonchev–Trinajstić information content (AvgIpc) is 2.71. The minimum atomic E-state index is 0.504. The minimum absolute atomic E-state index is 0.504. The second kappa shape index (κ2) is 4.22. The Morgan fingerprint density at radius 1 is 1.06 bits per heavy atom. The second-order valence-corrected chi connectivity index (χ2v) is 4.53. The monoisotopic (exact) mass is 288 g/mol. The molecule has 0 saturated carbocycles. The molecule has 3 nitrogen and oxygen atoms in total. The van der Waals surface area contributed by atoms with E-state index >= 15 is 0 Å². The topological polar surface area (TPSA) is 37.9 Å². The van der Waals surface area contributed by atoms with Crippen molar-refractivity contribution >= 4 is 27.0 Å². The quantitative estimate of drug-likeness (QED) is 0.770. The zero-order valence-electron chi connectivity index (χ0n) is 8.85. The molecule has 0 aliphatic heterocycles. The molecular formula is C13H9BrN2O. The van der Waals surface area contributed by atoms with E-state index in [1.807, 2.05) is 48.5 Å². The molecule has 0 spiro atoms. The lowest BCUT2D eigenvalue weighted by molar-refractivity contribution is 0.449. The van der Waals surface area contributed by atoms with Crippen LogP contribution in [0.5, 0.6) is 11.8 Å². The van der Waals surface area contributed by atoms with Crippen molar-refractivity contribution in [2.24, 2.45) is 0 Å². The van der Waals surface area contributed by atoms with Crippen molar-refractivity contribution in [3.63, 3.8) is 0 Å². The third-order valence-electron chi connectivity index (χ3n) is 2.38. The summed E-state index contributed by atoms with van der Waals surface area (Å²) < 4.78 is 6.64. The van der Waals surface area contributed by atoms with Crippen molar-refractivity contribution in [1.29, 1.82) is 0 Å². The third-order valence-corrected chi connectivity index (χ3v) is 2.87. The molecular weight excluding hydrogens is 280 g/mol. The average molecular weight is 289 g/mol. The van der Waals surface area contributed by atoms with E-state index in [4.69, 9.17) is 4.74 Å². The van der Waals surface area contributed by atoms with Crippen LogP contribution in [0.3, 0.4) is 0 Å². The fourth-order valence-corrected chi connectivity index (χ4v) is 1.97. The molecule has 0 amide bonds. The fourth-order valence-electron chi connectivity index (χ4n) is 1.61. The smallest absolute Gasteiger partial charge is 0.300 e. The predicted molar refractivity (Wildman–Crippen MR) is 70.3 cm³/mol. The summed E-state index contributed by atoms with van der Waals surface area (Å²) in [5.74, 6) is 0.769. The van der Waals surface area contributed by atoms with Gasteiger partial charge in [-0.25, -0.2) is 0 Å². The van der Waals surface area contributed by atoms with Gasteiger partial charge in [-0.05, 0) is 30.3 Å². The molecule has 0 atom stereocenters. The lowest BCUT2D eigenvalue weighted by atomic mass is 10.3. The van der Waals surface area contributed by atoms with Gasteiger partial charge in [-0.1, -0.05) is 34.1 Å². The highest BCUT2D eigenvalue weighted by molar-refractivity contribution is 9.10. The lowest BCUT2D eigenvalue weighted by Gasteiger charge is -1.99. The summed E-state index contributed by atoms with van der Waals surface area (Å²) in [7, 11) is 0. The van der Waals surface area contributed by atoms with Crippen LogP contribution in [0, 0.1) is 0 Å². The summed E-state index contributed by atoms with van der Waals surface area (Å²) in [6.45, 7) is 0. The maximum Gasteiger partial charge on any atom is 0.300 e. The van der Waals surface area contributed by atoms with Crippen molar-refractivity contribution in [2.75, 3.05) is 0 Å². The van der Waals surface area contributed by atoms with Crippen molar-refractivity contribution < 1.29 is 4.74 Å². The Hall–Kier alpha value is -1.81. The van der Waals surface area contributed by atoms with Gasteiger partial charge in [0.2, 0.25) is 0 Å². The summed E-state index contributed by atoms with van der Waals surface area (Å²) in [6, 6.07) is 15.9. The Kier molecular flexibility index (Phi) is 2.57. The molecule has 1 heterocycles. The van der Waals surface area contributed by atoms with E-state index in [9.17, 15) is 0 Å². The molecule has 17 heavy (non-hydrogen) atoms. The first-order valence-electron chi connectivity index (χ1n) is 5.19. The number of aromatic amines is 1. The molecule has 0 radical (unpaired) electrons. The van der Waals surface area contributed by atoms with Crippen molar-refractivity contribution in [3.8, 4) is 11.8 Å². The summed E-state index contributed by atoms with van der Waals surface area (Å²) >= 11 is 3.42. The molecule has 0 unspecified atom stereocenters. The normalized spacial score (nSPS) is 10.6. The van der Waals surface area contributed by atoms with Crippen molar-refractivity contribution in [2.45, 2.75) is 0 Å². The van der Waals surface area contributed by atoms with Gasteiger partial charge >= 0.3 is 0 Å². The number of hydrogen-bond donors (Lipinski definition) is 1. The molecule has 0 aliphatic rings. The van der Waals surface area contributed by atoms with E-state index in [2.05, 4.69) is 25.9 Å². The number of halogens is 1. The number of ether oxygens (including phenoxy) is 1. The SMILES string of the molecule is Brc1ccc2nc(Oc3ccccc3)[nH]c2c1. The molecule has 1 N–H and O–H groups in total. The summed E-state index contributed by atoms with van der Waals surface area (Å²) in [6.07, 6.45) is 0. The van der Waals surface area contributed by atoms with E-state index < -0.39 is 0 Å². The Morgan fingerprint density at radius 2 is 1.88 bits per heavy atom. The maximum absolute atomic E-state index is 5.62. The summed E-state index contributed by atoms with van der Waals surface area (Å²) in [5.41, 5.74) is 1.84. The standard InChI is InChI=1S/C13H9BrN2O/c14-9-6-7-11-12(8-9)16-13(15-11)17-10-4-2-1-3-5-10/h1-8H,(H,15,16). The molecule has 3 aromatic rings. The first-order chi connectivity index (χ1) is 8.31. The van der Waals surface area contributed by atoms with Crippen LogP contribution >= 0.6 is 15.9 Å². The number of nitrogens with one attached hydrogen (secondary N) is 1. The van der Waals surface area contributed by atoms with Crippen LogP contribution in [0.15, 0.2) is 53.0 Å². The molecule has 3 rings (SSSR count). The van der Waals surface area contributed by atoms with Gasteiger partial charge in [0.15, 0.2) is 0 Å². The molecule has 1 aromatic heterocycles. The summed E-state index contributed by atoms with van der Waals surface area (Å²) in [4.78, 5) is 7.47. The van der Waals surface area contributed by atoms with E-state index in [1.165, 1.54) is 0 Å². The van der Waals surface area contributed by atoms with Crippen LogP contribution in [0.25, 0.3) is 11.0 Å². The van der Waals surface area contributed by atoms with E-state index in [-0.39, 0.29) is 0 Å². The van der Waals surface area contributed by atoms with Gasteiger partial charge in [-0.15, -0.1) is 0 Å².